The number of esters is 1. The van der Waals surface area contributed by atoms with Gasteiger partial charge in [-0.05, 0) is 42.2 Å². The maximum absolute atomic E-state index is 13.7. The van der Waals surface area contributed by atoms with Crippen LogP contribution in [0.2, 0.25) is 0 Å². The van der Waals surface area contributed by atoms with E-state index in [1.807, 2.05) is 67.6 Å². The number of carbonyl (C=O) groups is 1. The third-order valence-electron chi connectivity index (χ3n) is 5.94. The minimum Gasteiger partial charge on any atom is -0.449 e. The van der Waals surface area contributed by atoms with Crippen LogP contribution in [0.15, 0.2) is 60.7 Å². The van der Waals surface area contributed by atoms with E-state index in [1.165, 1.54) is 0 Å². The van der Waals surface area contributed by atoms with Crippen molar-refractivity contribution < 1.29 is 9.53 Å². The molecule has 1 unspecified atom stereocenters. The minimum atomic E-state index is -0.843. The summed E-state index contributed by atoms with van der Waals surface area (Å²) in [5.74, 6) is -0.148. The second-order valence-electron chi connectivity index (χ2n) is 10.5. The fourth-order valence-electron chi connectivity index (χ4n) is 3.80. The Bertz CT molecular complexity index is 739. The first-order valence-electron chi connectivity index (χ1n) is 10.1. The first-order chi connectivity index (χ1) is 12.8. The van der Waals surface area contributed by atoms with Gasteiger partial charge in [-0.3, -0.25) is 4.79 Å². The highest BCUT2D eigenvalue weighted by Gasteiger charge is 2.50. The highest BCUT2D eigenvalue weighted by Crippen LogP contribution is 2.49. The SMILES string of the molecule is CC(C)(C)CC(C)(C(=O)OC(C)(c1ccccc1)c1ccccc1)C(C)(C)C. The lowest BCUT2D eigenvalue weighted by Crippen LogP contribution is -2.47. The van der Waals surface area contributed by atoms with E-state index in [2.05, 4.69) is 48.5 Å². The Morgan fingerprint density at radius 2 is 1.11 bits per heavy atom. The molecule has 0 spiro atoms. The Labute approximate surface area is 171 Å². The van der Waals surface area contributed by atoms with E-state index in [0.717, 1.165) is 17.5 Å². The number of rotatable bonds is 5. The highest BCUT2D eigenvalue weighted by molar-refractivity contribution is 5.78. The first-order valence-corrected chi connectivity index (χ1v) is 10.1. The van der Waals surface area contributed by atoms with Gasteiger partial charge in [0.1, 0.15) is 0 Å². The summed E-state index contributed by atoms with van der Waals surface area (Å²) in [6.45, 7) is 17.0. The number of hydrogen-bond acceptors (Lipinski definition) is 2. The molecule has 0 aromatic heterocycles. The minimum absolute atomic E-state index is 0.0109. The smallest absolute Gasteiger partial charge is 0.313 e. The van der Waals surface area contributed by atoms with Crippen LogP contribution in [0.5, 0.6) is 0 Å². The largest absolute Gasteiger partial charge is 0.449 e. The summed E-state index contributed by atoms with van der Waals surface area (Å²) in [5.41, 5.74) is 0.269. The third-order valence-corrected chi connectivity index (χ3v) is 5.94. The van der Waals surface area contributed by atoms with Crippen LogP contribution in [0.1, 0.15) is 72.9 Å². The molecule has 0 heterocycles. The van der Waals surface area contributed by atoms with Gasteiger partial charge in [0.25, 0.3) is 0 Å². The quantitative estimate of drug-likeness (QED) is 0.523. The summed E-state index contributed by atoms with van der Waals surface area (Å²) in [6, 6.07) is 20.0. The Morgan fingerprint density at radius 1 is 0.714 bits per heavy atom. The van der Waals surface area contributed by atoms with E-state index >= 15 is 0 Å². The molecule has 2 heteroatoms. The molecule has 0 radical (unpaired) electrons. The van der Waals surface area contributed by atoms with Crippen molar-refractivity contribution in [2.75, 3.05) is 0 Å². The molecule has 0 saturated heterocycles. The van der Waals surface area contributed by atoms with Gasteiger partial charge in [-0.25, -0.2) is 0 Å². The van der Waals surface area contributed by atoms with Crippen LogP contribution in [0.25, 0.3) is 0 Å². The van der Waals surface area contributed by atoms with Crippen molar-refractivity contribution in [3.05, 3.63) is 71.8 Å². The van der Waals surface area contributed by atoms with Crippen molar-refractivity contribution in [2.24, 2.45) is 16.2 Å². The van der Waals surface area contributed by atoms with Crippen LogP contribution < -0.4 is 0 Å². The van der Waals surface area contributed by atoms with Gasteiger partial charge in [0.2, 0.25) is 0 Å². The summed E-state index contributed by atoms with van der Waals surface area (Å²) in [6.07, 6.45) is 0.752. The molecular weight excluding hydrogens is 344 g/mol. The molecule has 1 atom stereocenters. The predicted octanol–water partition coefficient (Wildman–Crippen LogP) is 6.98. The lowest BCUT2D eigenvalue weighted by atomic mass is 9.61. The fraction of sp³-hybridized carbons (Fsp3) is 0.500. The Balaban J connectivity index is 2.53. The van der Waals surface area contributed by atoms with E-state index in [4.69, 9.17) is 4.74 Å². The van der Waals surface area contributed by atoms with Crippen LogP contribution in [0.4, 0.5) is 0 Å². The van der Waals surface area contributed by atoms with E-state index < -0.39 is 11.0 Å². The molecule has 0 saturated carbocycles. The van der Waals surface area contributed by atoms with Crippen LogP contribution in [-0.2, 0) is 15.1 Å². The highest BCUT2D eigenvalue weighted by atomic mass is 16.6. The van der Waals surface area contributed by atoms with Gasteiger partial charge in [0.15, 0.2) is 5.60 Å². The maximum atomic E-state index is 13.7. The van der Waals surface area contributed by atoms with Gasteiger partial charge in [-0.15, -0.1) is 0 Å². The Hall–Kier alpha value is -2.09. The normalized spacial score (nSPS) is 15.0. The predicted molar refractivity (Wildman–Crippen MR) is 117 cm³/mol. The fourth-order valence-corrected chi connectivity index (χ4v) is 3.80. The van der Waals surface area contributed by atoms with Gasteiger partial charge in [-0.1, -0.05) is 102 Å². The van der Waals surface area contributed by atoms with E-state index in [0.29, 0.717) is 0 Å². The molecule has 2 nitrogen and oxygen atoms in total. The lowest BCUT2D eigenvalue weighted by Gasteiger charge is -2.45. The van der Waals surface area contributed by atoms with Gasteiger partial charge < -0.3 is 4.74 Å². The molecule has 0 N–H and O–H groups in total. The standard InChI is InChI=1S/C26H36O2/c1-23(2,3)19-25(7,24(4,5)6)22(27)28-26(8,20-15-11-9-12-16-20)21-17-13-10-14-18-21/h9-18H,19H2,1-8H3. The zero-order valence-electron chi connectivity index (χ0n) is 18.8. The number of ether oxygens (including phenoxy) is 1. The third kappa shape index (κ3) is 4.66. The average Bonchev–Trinajstić information content (AvgIpc) is 2.60. The molecule has 152 valence electrons. The van der Waals surface area contributed by atoms with Crippen molar-refractivity contribution in [1.29, 1.82) is 0 Å². The van der Waals surface area contributed by atoms with Crippen LogP contribution >= 0.6 is 0 Å². The van der Waals surface area contributed by atoms with E-state index in [9.17, 15) is 4.79 Å². The molecule has 2 rings (SSSR count). The van der Waals surface area contributed by atoms with Gasteiger partial charge in [-0.2, -0.15) is 0 Å². The molecule has 0 fully saturated rings. The molecule has 0 aliphatic heterocycles. The molecule has 28 heavy (non-hydrogen) atoms. The number of carbonyl (C=O) groups excluding carboxylic acids is 1. The summed E-state index contributed by atoms with van der Waals surface area (Å²) in [4.78, 5) is 13.7. The van der Waals surface area contributed by atoms with Gasteiger partial charge in [0, 0.05) is 0 Å². The molecule has 0 aliphatic rings. The van der Waals surface area contributed by atoms with Crippen molar-refractivity contribution in [2.45, 2.75) is 67.4 Å². The maximum Gasteiger partial charge on any atom is 0.313 e. The second kappa shape index (κ2) is 7.73. The van der Waals surface area contributed by atoms with Gasteiger partial charge in [0.05, 0.1) is 5.41 Å². The monoisotopic (exact) mass is 380 g/mol. The van der Waals surface area contributed by atoms with Crippen molar-refractivity contribution in [3.8, 4) is 0 Å². The Kier molecular flexibility index (Phi) is 6.13. The number of benzene rings is 2. The van der Waals surface area contributed by atoms with E-state index in [-0.39, 0.29) is 16.8 Å². The Morgan fingerprint density at radius 3 is 1.43 bits per heavy atom. The molecule has 0 aliphatic carbocycles. The molecular formula is C26H36O2. The van der Waals surface area contributed by atoms with Gasteiger partial charge >= 0.3 is 5.97 Å². The summed E-state index contributed by atoms with van der Waals surface area (Å²) in [5, 5.41) is 0. The molecule has 2 aromatic carbocycles. The molecule has 2 aromatic rings. The zero-order chi connectivity index (χ0) is 21.2. The van der Waals surface area contributed by atoms with Crippen molar-refractivity contribution >= 4 is 5.97 Å². The first kappa shape index (κ1) is 22.2. The summed E-state index contributed by atoms with van der Waals surface area (Å²) in [7, 11) is 0. The van der Waals surface area contributed by atoms with Crippen molar-refractivity contribution in [3.63, 3.8) is 0 Å². The summed E-state index contributed by atoms with van der Waals surface area (Å²) < 4.78 is 6.41. The molecule has 0 amide bonds. The van der Waals surface area contributed by atoms with E-state index in [1.54, 1.807) is 0 Å². The summed E-state index contributed by atoms with van der Waals surface area (Å²) >= 11 is 0. The second-order valence-corrected chi connectivity index (χ2v) is 10.5. The lowest BCUT2D eigenvalue weighted by molar-refractivity contribution is -0.177. The molecule has 0 bridgehead atoms. The average molecular weight is 381 g/mol. The van der Waals surface area contributed by atoms with Crippen LogP contribution in [0.3, 0.4) is 0 Å². The van der Waals surface area contributed by atoms with Crippen molar-refractivity contribution in [1.82, 2.24) is 0 Å². The van der Waals surface area contributed by atoms with Crippen LogP contribution in [-0.4, -0.2) is 5.97 Å². The zero-order valence-corrected chi connectivity index (χ0v) is 18.8. The van der Waals surface area contributed by atoms with Crippen LogP contribution in [0, 0.1) is 16.2 Å². The topological polar surface area (TPSA) is 26.3 Å². The number of hydrogen-bond donors (Lipinski definition) is 0.